The number of carboxylic acids is 1. The molecule has 0 aliphatic rings. The number of halogens is 1. The summed E-state index contributed by atoms with van der Waals surface area (Å²) in [5, 5.41) is 27.7. The van der Waals surface area contributed by atoms with Crippen LogP contribution in [0.25, 0.3) is 0 Å². The SMILES string of the molecule is O=C(O)c1cc(N=Cc2ccc(O)c(I)c2)ccc1O. The Hall–Kier alpha value is -2.09. The number of aromatic carboxylic acids is 1. The van der Waals surface area contributed by atoms with Crippen molar-refractivity contribution in [2.24, 2.45) is 4.99 Å². The van der Waals surface area contributed by atoms with Crippen LogP contribution in [0, 0.1) is 3.57 Å². The van der Waals surface area contributed by atoms with Crippen LogP contribution in [0.5, 0.6) is 11.5 Å². The third-order valence-electron chi connectivity index (χ3n) is 2.54. The number of hydrogen-bond acceptors (Lipinski definition) is 4. The predicted molar refractivity (Wildman–Crippen MR) is 83.1 cm³/mol. The quantitative estimate of drug-likeness (QED) is 0.561. The van der Waals surface area contributed by atoms with Crippen molar-refractivity contribution in [1.29, 1.82) is 0 Å². The van der Waals surface area contributed by atoms with Crippen molar-refractivity contribution in [3.63, 3.8) is 0 Å². The monoisotopic (exact) mass is 383 g/mol. The van der Waals surface area contributed by atoms with Gasteiger partial charge in [0.1, 0.15) is 17.1 Å². The number of hydrogen-bond donors (Lipinski definition) is 3. The maximum Gasteiger partial charge on any atom is 0.339 e. The van der Waals surface area contributed by atoms with Gasteiger partial charge in [-0.1, -0.05) is 0 Å². The van der Waals surface area contributed by atoms with Crippen molar-refractivity contribution in [1.82, 2.24) is 0 Å². The average molecular weight is 383 g/mol. The first-order valence-corrected chi connectivity index (χ1v) is 6.64. The van der Waals surface area contributed by atoms with Crippen LogP contribution >= 0.6 is 22.6 Å². The summed E-state index contributed by atoms with van der Waals surface area (Å²) in [4.78, 5) is 15.0. The van der Waals surface area contributed by atoms with E-state index in [4.69, 9.17) is 5.11 Å². The molecule has 2 aromatic carbocycles. The number of benzene rings is 2. The van der Waals surface area contributed by atoms with E-state index in [1.165, 1.54) is 18.2 Å². The first kappa shape index (κ1) is 14.3. The zero-order valence-corrected chi connectivity index (χ0v) is 12.3. The molecule has 2 rings (SSSR count). The fourth-order valence-electron chi connectivity index (χ4n) is 1.53. The summed E-state index contributed by atoms with van der Waals surface area (Å²) >= 11 is 2.00. The van der Waals surface area contributed by atoms with Crippen molar-refractivity contribution >= 4 is 40.5 Å². The number of phenols is 2. The third kappa shape index (κ3) is 3.27. The summed E-state index contributed by atoms with van der Waals surface area (Å²) in [5.74, 6) is -1.31. The van der Waals surface area contributed by atoms with Crippen LogP contribution in [0.3, 0.4) is 0 Å². The van der Waals surface area contributed by atoms with E-state index in [-0.39, 0.29) is 17.1 Å². The Kier molecular flexibility index (Phi) is 4.23. The van der Waals surface area contributed by atoms with E-state index in [9.17, 15) is 15.0 Å². The smallest absolute Gasteiger partial charge is 0.339 e. The van der Waals surface area contributed by atoms with Crippen molar-refractivity contribution in [3.05, 3.63) is 51.1 Å². The molecular formula is C14H10INO4. The fraction of sp³-hybridized carbons (Fsp3) is 0. The molecule has 0 saturated carbocycles. The van der Waals surface area contributed by atoms with E-state index in [0.29, 0.717) is 9.26 Å². The molecule has 0 aliphatic heterocycles. The number of aromatic hydroxyl groups is 2. The van der Waals surface area contributed by atoms with Crippen molar-refractivity contribution in [2.75, 3.05) is 0 Å². The minimum absolute atomic E-state index is 0.195. The molecule has 6 heteroatoms. The van der Waals surface area contributed by atoms with Gasteiger partial charge in [-0.15, -0.1) is 0 Å². The van der Waals surface area contributed by atoms with E-state index < -0.39 is 5.97 Å². The molecule has 0 heterocycles. The van der Waals surface area contributed by atoms with Gasteiger partial charge in [0, 0.05) is 6.21 Å². The van der Waals surface area contributed by atoms with Gasteiger partial charge in [0.25, 0.3) is 0 Å². The Morgan fingerprint density at radius 1 is 1.10 bits per heavy atom. The molecule has 0 radical (unpaired) electrons. The molecule has 0 atom stereocenters. The normalized spacial score (nSPS) is 10.8. The van der Waals surface area contributed by atoms with Gasteiger partial charge in [-0.05, 0) is 64.6 Å². The van der Waals surface area contributed by atoms with Gasteiger partial charge in [0.05, 0.1) is 9.26 Å². The summed E-state index contributed by atoms with van der Waals surface area (Å²) in [6.07, 6.45) is 1.56. The lowest BCUT2D eigenvalue weighted by molar-refractivity contribution is 0.0694. The molecule has 0 fully saturated rings. The number of rotatable bonds is 3. The van der Waals surface area contributed by atoms with Gasteiger partial charge in [0.15, 0.2) is 0 Å². The van der Waals surface area contributed by atoms with Gasteiger partial charge in [-0.3, -0.25) is 4.99 Å². The lowest BCUT2D eigenvalue weighted by atomic mass is 10.2. The molecule has 3 N–H and O–H groups in total. The second-order valence-corrected chi connectivity index (χ2v) is 5.14. The molecular weight excluding hydrogens is 373 g/mol. The molecule has 5 nitrogen and oxygen atoms in total. The number of carbonyl (C=O) groups is 1. The zero-order chi connectivity index (χ0) is 14.7. The number of phenolic OH excluding ortho intramolecular Hbond substituents is 1. The second kappa shape index (κ2) is 5.91. The highest BCUT2D eigenvalue weighted by Gasteiger charge is 2.09. The molecule has 0 amide bonds. The average Bonchev–Trinajstić information content (AvgIpc) is 2.41. The molecule has 2 aromatic rings. The maximum atomic E-state index is 10.9. The molecule has 20 heavy (non-hydrogen) atoms. The van der Waals surface area contributed by atoms with Crippen LogP contribution < -0.4 is 0 Å². The van der Waals surface area contributed by atoms with Crippen LogP contribution in [-0.4, -0.2) is 27.5 Å². The maximum absolute atomic E-state index is 10.9. The number of nitrogens with zero attached hydrogens (tertiary/aromatic N) is 1. The standard InChI is InChI=1S/C14H10INO4/c15-11-5-8(1-3-13(11)18)7-16-9-2-4-12(17)10(6-9)14(19)20/h1-7,17-18H,(H,19,20). The molecule has 0 bridgehead atoms. The zero-order valence-electron chi connectivity index (χ0n) is 10.1. The number of aliphatic imine (C=N–C) groups is 1. The van der Waals surface area contributed by atoms with Crippen molar-refractivity contribution < 1.29 is 20.1 Å². The molecule has 102 valence electrons. The Labute approximate surface area is 128 Å². The molecule has 0 saturated heterocycles. The van der Waals surface area contributed by atoms with E-state index in [1.807, 2.05) is 22.6 Å². The number of carboxylic acid groups (broad SMARTS) is 1. The van der Waals surface area contributed by atoms with Crippen LogP contribution in [0.1, 0.15) is 15.9 Å². The molecule has 0 unspecified atom stereocenters. The highest BCUT2D eigenvalue weighted by Crippen LogP contribution is 2.24. The molecule has 0 aromatic heterocycles. The largest absolute Gasteiger partial charge is 0.507 e. The summed E-state index contributed by atoms with van der Waals surface area (Å²) in [6.45, 7) is 0. The summed E-state index contributed by atoms with van der Waals surface area (Å²) in [5.41, 5.74) is 1.00. The van der Waals surface area contributed by atoms with E-state index >= 15 is 0 Å². The first-order valence-electron chi connectivity index (χ1n) is 5.56. The summed E-state index contributed by atoms with van der Waals surface area (Å²) in [7, 11) is 0. The van der Waals surface area contributed by atoms with E-state index in [2.05, 4.69) is 4.99 Å². The van der Waals surface area contributed by atoms with Crippen LogP contribution in [-0.2, 0) is 0 Å². The lowest BCUT2D eigenvalue weighted by Crippen LogP contribution is -1.95. The third-order valence-corrected chi connectivity index (χ3v) is 3.41. The first-order chi connectivity index (χ1) is 9.47. The van der Waals surface area contributed by atoms with E-state index in [1.54, 1.807) is 24.4 Å². The van der Waals surface area contributed by atoms with Gasteiger partial charge >= 0.3 is 5.97 Å². The van der Waals surface area contributed by atoms with Gasteiger partial charge < -0.3 is 15.3 Å². The highest BCUT2D eigenvalue weighted by atomic mass is 127. The van der Waals surface area contributed by atoms with Crippen molar-refractivity contribution in [3.8, 4) is 11.5 Å². The fourth-order valence-corrected chi connectivity index (χ4v) is 2.07. The van der Waals surface area contributed by atoms with Gasteiger partial charge in [-0.25, -0.2) is 4.79 Å². The van der Waals surface area contributed by atoms with Gasteiger partial charge in [0.2, 0.25) is 0 Å². The Balaban J connectivity index is 2.29. The summed E-state index contributed by atoms with van der Waals surface area (Å²) in [6, 6.07) is 9.10. The lowest BCUT2D eigenvalue weighted by Gasteiger charge is -2.01. The van der Waals surface area contributed by atoms with Crippen LogP contribution in [0.4, 0.5) is 5.69 Å². The second-order valence-electron chi connectivity index (χ2n) is 3.98. The predicted octanol–water partition coefficient (Wildman–Crippen LogP) is 3.15. The Bertz CT molecular complexity index is 698. The molecule has 0 aliphatic carbocycles. The highest BCUT2D eigenvalue weighted by molar-refractivity contribution is 14.1. The van der Waals surface area contributed by atoms with Crippen molar-refractivity contribution in [2.45, 2.75) is 0 Å². The Morgan fingerprint density at radius 3 is 2.45 bits per heavy atom. The minimum Gasteiger partial charge on any atom is -0.507 e. The minimum atomic E-state index is -1.21. The molecule has 0 spiro atoms. The topological polar surface area (TPSA) is 90.1 Å². The van der Waals surface area contributed by atoms with Crippen LogP contribution in [0.15, 0.2) is 41.4 Å². The van der Waals surface area contributed by atoms with Crippen LogP contribution in [0.2, 0.25) is 0 Å². The van der Waals surface area contributed by atoms with Gasteiger partial charge in [-0.2, -0.15) is 0 Å². The van der Waals surface area contributed by atoms with E-state index in [0.717, 1.165) is 5.56 Å². The summed E-state index contributed by atoms with van der Waals surface area (Å²) < 4.78 is 0.698. The Morgan fingerprint density at radius 2 is 1.80 bits per heavy atom.